The van der Waals surface area contributed by atoms with Gasteiger partial charge in [-0.2, -0.15) is 0 Å². The fourth-order valence-corrected chi connectivity index (χ4v) is 5.14. The van der Waals surface area contributed by atoms with E-state index in [4.69, 9.17) is 5.73 Å². The molecule has 1 aromatic heterocycles. The van der Waals surface area contributed by atoms with Gasteiger partial charge >= 0.3 is 6.97 Å². The standard InChI is InChI=1S/C27H26BF2N3/c1-17-14-18(2)24(19(3)15-17)12-11-23-16-20(4)27-26(21-7-9-22(31)10-8-21)25-6-5-13-32(25)28(29,30)33(23)27/h5-16H,31H2,1-4H3/b12-11+. The van der Waals surface area contributed by atoms with Gasteiger partial charge in [-0.1, -0.05) is 35.9 Å². The van der Waals surface area contributed by atoms with Crippen LogP contribution < -0.4 is 5.73 Å². The summed E-state index contributed by atoms with van der Waals surface area (Å²) in [5.74, 6) is 0. The zero-order valence-corrected chi connectivity index (χ0v) is 19.2. The molecule has 0 radical (unpaired) electrons. The largest absolute Gasteiger partial charge is 0.737 e. The Bertz CT molecular complexity index is 1400. The molecular weight excluding hydrogens is 415 g/mol. The molecule has 33 heavy (non-hydrogen) atoms. The maximum Gasteiger partial charge on any atom is 0.737 e. The van der Waals surface area contributed by atoms with E-state index in [0.29, 0.717) is 22.8 Å². The number of fused-ring (bicyclic) bond motifs is 2. The molecule has 0 aliphatic carbocycles. The Labute approximate surface area is 192 Å². The van der Waals surface area contributed by atoms with Gasteiger partial charge in [0.05, 0.1) is 5.57 Å². The number of hydrogen-bond acceptors (Lipinski definition) is 1. The number of nitrogens with zero attached hydrogens (tertiary/aromatic N) is 2. The quantitative estimate of drug-likeness (QED) is 0.386. The van der Waals surface area contributed by atoms with E-state index in [1.807, 2.05) is 37.3 Å². The molecule has 2 aliphatic rings. The number of rotatable bonds is 3. The van der Waals surface area contributed by atoms with E-state index in [9.17, 15) is 0 Å². The number of anilines is 1. The van der Waals surface area contributed by atoms with Crippen molar-refractivity contribution < 1.29 is 13.1 Å². The molecule has 3 heterocycles. The van der Waals surface area contributed by atoms with Crippen LogP contribution in [0.25, 0.3) is 17.7 Å². The van der Waals surface area contributed by atoms with Gasteiger partial charge < -0.3 is 23.3 Å². The fourth-order valence-electron chi connectivity index (χ4n) is 5.14. The van der Waals surface area contributed by atoms with Gasteiger partial charge in [0, 0.05) is 29.2 Å². The van der Waals surface area contributed by atoms with Crippen molar-refractivity contribution in [1.29, 1.82) is 0 Å². The number of hydrogen-bond donors (Lipinski definition) is 1. The van der Waals surface area contributed by atoms with Crippen LogP contribution in [-0.2, 0) is 0 Å². The monoisotopic (exact) mass is 441 g/mol. The van der Waals surface area contributed by atoms with Gasteiger partial charge in [-0.15, -0.1) is 0 Å². The summed E-state index contributed by atoms with van der Waals surface area (Å²) in [4.78, 5) is 0. The molecule has 0 spiro atoms. The Morgan fingerprint density at radius 3 is 2.24 bits per heavy atom. The molecule has 6 heteroatoms. The van der Waals surface area contributed by atoms with Crippen molar-refractivity contribution in [2.24, 2.45) is 0 Å². The first-order chi connectivity index (χ1) is 15.7. The van der Waals surface area contributed by atoms with Crippen LogP contribution >= 0.6 is 0 Å². The van der Waals surface area contributed by atoms with Crippen LogP contribution in [0.15, 0.2) is 60.3 Å². The molecule has 3 aromatic rings. The number of allylic oxidation sites excluding steroid dienone is 2. The Morgan fingerprint density at radius 1 is 0.909 bits per heavy atom. The molecule has 3 nitrogen and oxygen atoms in total. The normalized spacial score (nSPS) is 16.4. The molecule has 166 valence electrons. The minimum atomic E-state index is -4.04. The van der Waals surface area contributed by atoms with Crippen LogP contribution in [-0.4, -0.2) is 22.1 Å². The summed E-state index contributed by atoms with van der Waals surface area (Å²) < 4.78 is 34.1. The average molecular weight is 441 g/mol. The number of benzene rings is 2. The molecule has 0 amide bonds. The Morgan fingerprint density at radius 2 is 1.58 bits per heavy atom. The first-order valence-corrected chi connectivity index (χ1v) is 11.1. The molecule has 0 fully saturated rings. The van der Waals surface area contributed by atoms with Crippen LogP contribution in [0.5, 0.6) is 0 Å². The number of nitrogen functional groups attached to an aromatic ring is 1. The minimum Gasteiger partial charge on any atom is -0.399 e. The number of nitrogens with two attached hydrogens (primary N) is 1. The molecule has 0 saturated heterocycles. The van der Waals surface area contributed by atoms with Crippen LogP contribution in [0.3, 0.4) is 0 Å². The summed E-state index contributed by atoms with van der Waals surface area (Å²) in [5, 5.41) is 0. The highest BCUT2D eigenvalue weighted by molar-refractivity contribution is 6.58. The third-order valence-corrected chi connectivity index (χ3v) is 6.53. The van der Waals surface area contributed by atoms with Crippen molar-refractivity contribution in [3.63, 3.8) is 0 Å². The predicted molar refractivity (Wildman–Crippen MR) is 134 cm³/mol. The molecule has 2 aliphatic heterocycles. The summed E-state index contributed by atoms with van der Waals surface area (Å²) in [6.45, 7) is 4.02. The van der Waals surface area contributed by atoms with Crippen molar-refractivity contribution in [3.8, 4) is 0 Å². The zero-order chi connectivity index (χ0) is 23.5. The van der Waals surface area contributed by atoms with E-state index < -0.39 is 6.97 Å². The van der Waals surface area contributed by atoms with E-state index in [-0.39, 0.29) is 0 Å². The van der Waals surface area contributed by atoms with Crippen molar-refractivity contribution in [2.75, 3.05) is 5.73 Å². The molecular formula is C27H26BF2N3. The van der Waals surface area contributed by atoms with Gasteiger partial charge in [0.2, 0.25) is 0 Å². The average Bonchev–Trinajstić information content (AvgIpc) is 3.35. The van der Waals surface area contributed by atoms with E-state index >= 15 is 8.63 Å². The maximum absolute atomic E-state index is 15.9. The van der Waals surface area contributed by atoms with E-state index in [0.717, 1.165) is 37.9 Å². The maximum atomic E-state index is 15.9. The highest BCUT2D eigenvalue weighted by Crippen LogP contribution is 2.42. The van der Waals surface area contributed by atoms with Gasteiger partial charge in [-0.05, 0) is 79.8 Å². The Hall–Kier alpha value is -3.67. The van der Waals surface area contributed by atoms with Crippen LogP contribution in [0.2, 0.25) is 0 Å². The number of aromatic nitrogens is 1. The van der Waals surface area contributed by atoms with E-state index in [1.165, 1.54) is 16.3 Å². The number of halogens is 2. The first-order valence-electron chi connectivity index (χ1n) is 11.1. The molecule has 0 bridgehead atoms. The summed E-state index contributed by atoms with van der Waals surface area (Å²) in [6.07, 6.45) is 8.66. The summed E-state index contributed by atoms with van der Waals surface area (Å²) in [5.41, 5.74) is 15.0. The second-order valence-corrected chi connectivity index (χ2v) is 9.00. The van der Waals surface area contributed by atoms with Crippen molar-refractivity contribution in [3.05, 3.63) is 105 Å². The third-order valence-electron chi connectivity index (χ3n) is 6.53. The molecule has 2 N–H and O–H groups in total. The first kappa shape index (κ1) is 21.2. The predicted octanol–water partition coefficient (Wildman–Crippen LogP) is 6.12. The Kier molecular flexibility index (Phi) is 4.78. The topological polar surface area (TPSA) is 34.0 Å². The highest BCUT2D eigenvalue weighted by Gasteiger charge is 2.53. The summed E-state index contributed by atoms with van der Waals surface area (Å²) in [7, 11) is 0. The van der Waals surface area contributed by atoms with Crippen molar-refractivity contribution in [2.45, 2.75) is 27.7 Å². The molecule has 5 rings (SSSR count). The number of aryl methyl sites for hydroxylation is 4. The fraction of sp³-hybridized carbons (Fsp3) is 0.148. The molecule has 2 aromatic carbocycles. The van der Waals surface area contributed by atoms with Crippen LogP contribution in [0, 0.1) is 27.7 Å². The van der Waals surface area contributed by atoms with Gasteiger partial charge in [-0.25, -0.2) is 0 Å². The third kappa shape index (κ3) is 3.29. The van der Waals surface area contributed by atoms with E-state index in [2.05, 4.69) is 32.9 Å². The van der Waals surface area contributed by atoms with Gasteiger partial charge in [0.1, 0.15) is 6.21 Å². The van der Waals surface area contributed by atoms with Crippen molar-refractivity contribution in [1.82, 2.24) is 4.48 Å². The zero-order valence-electron chi connectivity index (χ0n) is 19.2. The molecule has 0 atom stereocenters. The summed E-state index contributed by atoms with van der Waals surface area (Å²) in [6, 6.07) is 13.5. The molecule has 0 unspecified atom stereocenters. The van der Waals surface area contributed by atoms with Crippen LogP contribution in [0.1, 0.15) is 44.8 Å². The van der Waals surface area contributed by atoms with Gasteiger partial charge in [0.15, 0.2) is 5.70 Å². The lowest BCUT2D eigenvalue weighted by Crippen LogP contribution is -2.50. The Balaban J connectivity index is 1.73. The highest BCUT2D eigenvalue weighted by atomic mass is 19.2. The van der Waals surface area contributed by atoms with Crippen LogP contribution in [0.4, 0.5) is 14.3 Å². The lowest BCUT2D eigenvalue weighted by molar-refractivity contribution is -0.356. The SMILES string of the molecule is Cc1cc(C)c(/C=C/c2cc(C)c3n2[B-](F)(F)[N+]2=CC=CC2=C3c2ccc(N)cc2)c(C)c1. The summed E-state index contributed by atoms with van der Waals surface area (Å²) >= 11 is 0. The van der Waals surface area contributed by atoms with E-state index in [1.54, 1.807) is 24.3 Å². The minimum absolute atomic E-state index is 0.485. The van der Waals surface area contributed by atoms with Gasteiger partial charge in [0.25, 0.3) is 0 Å². The molecule has 0 saturated carbocycles. The lowest BCUT2D eigenvalue weighted by Gasteiger charge is -2.32. The lowest BCUT2D eigenvalue weighted by atomic mass is 9.85. The second-order valence-electron chi connectivity index (χ2n) is 9.00. The second kappa shape index (κ2) is 7.44. The van der Waals surface area contributed by atoms with Gasteiger partial charge in [-0.3, -0.25) is 0 Å². The smallest absolute Gasteiger partial charge is 0.399 e. The van der Waals surface area contributed by atoms with Crippen molar-refractivity contribution >= 4 is 36.6 Å².